The van der Waals surface area contributed by atoms with Crippen molar-refractivity contribution < 1.29 is 23.8 Å². The Hall–Kier alpha value is -2.24. The third-order valence-corrected chi connectivity index (χ3v) is 3.40. The Balaban J connectivity index is 2.20. The fraction of sp³-hybridized carbons (Fsp3) is 0.529. The van der Waals surface area contributed by atoms with Crippen LogP contribution in [0, 0.1) is 0 Å². The quantitative estimate of drug-likeness (QED) is 0.630. The van der Waals surface area contributed by atoms with Crippen LogP contribution in [0.2, 0.25) is 0 Å². The van der Waals surface area contributed by atoms with Gasteiger partial charge < -0.3 is 14.2 Å². The highest BCUT2D eigenvalue weighted by molar-refractivity contribution is 5.89. The normalized spacial score (nSPS) is 20.0. The number of rotatable bonds is 4. The molecule has 0 N–H and O–H groups in total. The first kappa shape index (κ1) is 17.1. The maximum Gasteiger partial charge on any atom is 0.411 e. The summed E-state index contributed by atoms with van der Waals surface area (Å²) in [6, 6.07) is 6.25. The molecule has 1 aromatic carbocycles. The van der Waals surface area contributed by atoms with Crippen LogP contribution < -0.4 is 4.74 Å². The number of carbonyl (C=O) groups excluding carboxylic acids is 2. The van der Waals surface area contributed by atoms with E-state index < -0.39 is 23.7 Å². The molecule has 1 saturated heterocycles. The van der Waals surface area contributed by atoms with E-state index in [1.807, 2.05) is 12.1 Å². The molecule has 1 amide bonds. The van der Waals surface area contributed by atoms with Gasteiger partial charge in [-0.25, -0.2) is 9.59 Å². The zero-order valence-corrected chi connectivity index (χ0v) is 14.2. The summed E-state index contributed by atoms with van der Waals surface area (Å²) in [6.45, 7) is 7.37. The molecule has 0 saturated carbocycles. The predicted molar refractivity (Wildman–Crippen MR) is 84.2 cm³/mol. The number of hydrogen-bond donors (Lipinski definition) is 0. The van der Waals surface area contributed by atoms with E-state index in [-0.39, 0.29) is 12.6 Å². The molecule has 0 aliphatic carbocycles. The van der Waals surface area contributed by atoms with Crippen molar-refractivity contribution in [1.82, 2.24) is 4.90 Å². The fourth-order valence-electron chi connectivity index (χ4n) is 2.39. The minimum Gasteiger partial charge on any atom is -0.497 e. The highest BCUT2D eigenvalue weighted by Gasteiger charge is 2.58. The van der Waals surface area contributed by atoms with Gasteiger partial charge in [-0.05, 0) is 45.4 Å². The third-order valence-electron chi connectivity index (χ3n) is 3.40. The van der Waals surface area contributed by atoms with E-state index >= 15 is 0 Å². The van der Waals surface area contributed by atoms with Gasteiger partial charge >= 0.3 is 12.1 Å². The molecule has 0 spiro atoms. The number of methoxy groups -OCH3 is 1. The van der Waals surface area contributed by atoms with Gasteiger partial charge in [-0.3, -0.25) is 4.90 Å². The molecule has 126 valence electrons. The van der Waals surface area contributed by atoms with Gasteiger partial charge in [0.25, 0.3) is 0 Å². The molecular weight excluding hydrogens is 298 g/mol. The second-order valence-corrected chi connectivity index (χ2v) is 6.30. The van der Waals surface area contributed by atoms with Crippen LogP contribution in [0.3, 0.4) is 0 Å². The molecule has 2 atom stereocenters. The lowest BCUT2D eigenvalue weighted by atomic mass is 10.1. The van der Waals surface area contributed by atoms with Crippen molar-refractivity contribution in [1.29, 1.82) is 0 Å². The van der Waals surface area contributed by atoms with Gasteiger partial charge in [0.1, 0.15) is 11.4 Å². The number of nitrogens with zero attached hydrogens (tertiary/aromatic N) is 1. The van der Waals surface area contributed by atoms with Gasteiger partial charge in [-0.15, -0.1) is 0 Å². The molecule has 1 aromatic rings. The van der Waals surface area contributed by atoms with Gasteiger partial charge in [0.2, 0.25) is 0 Å². The van der Waals surface area contributed by atoms with E-state index in [0.29, 0.717) is 5.75 Å². The Labute approximate surface area is 136 Å². The van der Waals surface area contributed by atoms with Crippen molar-refractivity contribution >= 4 is 12.1 Å². The molecule has 1 aliphatic rings. The smallest absolute Gasteiger partial charge is 0.411 e. The predicted octanol–water partition coefficient (Wildman–Crippen LogP) is 2.92. The molecule has 0 aromatic heterocycles. The average molecular weight is 321 g/mol. The van der Waals surface area contributed by atoms with Crippen molar-refractivity contribution in [2.75, 3.05) is 13.7 Å². The molecule has 6 nitrogen and oxygen atoms in total. The van der Waals surface area contributed by atoms with Crippen LogP contribution in [0.5, 0.6) is 5.75 Å². The zero-order valence-electron chi connectivity index (χ0n) is 14.2. The van der Waals surface area contributed by atoms with Crippen LogP contribution in [0.25, 0.3) is 0 Å². The summed E-state index contributed by atoms with van der Waals surface area (Å²) in [5.41, 5.74) is 0.221. The molecule has 1 aliphatic heterocycles. The van der Waals surface area contributed by atoms with Crippen LogP contribution in [-0.2, 0) is 14.3 Å². The van der Waals surface area contributed by atoms with Crippen molar-refractivity contribution in [2.45, 2.75) is 45.4 Å². The first-order valence-corrected chi connectivity index (χ1v) is 7.60. The maximum absolute atomic E-state index is 12.3. The van der Waals surface area contributed by atoms with Crippen LogP contribution in [0.4, 0.5) is 4.79 Å². The average Bonchev–Trinajstić information content (AvgIpc) is 3.21. The fourth-order valence-corrected chi connectivity index (χ4v) is 2.39. The zero-order chi connectivity index (χ0) is 17.2. The first-order valence-electron chi connectivity index (χ1n) is 7.60. The summed E-state index contributed by atoms with van der Waals surface area (Å²) < 4.78 is 15.6. The van der Waals surface area contributed by atoms with E-state index in [2.05, 4.69) is 0 Å². The number of hydrogen-bond acceptors (Lipinski definition) is 5. The van der Waals surface area contributed by atoms with E-state index in [9.17, 15) is 9.59 Å². The number of ether oxygens (including phenoxy) is 3. The Morgan fingerprint density at radius 2 is 1.78 bits per heavy atom. The van der Waals surface area contributed by atoms with Gasteiger partial charge in [-0.1, -0.05) is 12.1 Å². The monoisotopic (exact) mass is 321 g/mol. The topological polar surface area (TPSA) is 64.8 Å². The summed E-state index contributed by atoms with van der Waals surface area (Å²) in [5.74, 6) is 0.296. The molecule has 0 bridgehead atoms. The van der Waals surface area contributed by atoms with Gasteiger partial charge in [0, 0.05) is 0 Å². The standard InChI is InChI=1S/C17H23NO5/c1-6-22-15(19)14-13(11-7-9-12(21-5)10-8-11)18(14)16(20)23-17(2,3)4/h7-10,13-14H,6H2,1-5H3/t13-,14+,18?/m1/s1. The molecule has 0 radical (unpaired) electrons. The first-order chi connectivity index (χ1) is 10.8. The van der Waals surface area contributed by atoms with E-state index in [1.165, 1.54) is 4.90 Å². The summed E-state index contributed by atoms with van der Waals surface area (Å²) in [6.07, 6.45) is -0.517. The van der Waals surface area contributed by atoms with Gasteiger partial charge in [-0.2, -0.15) is 0 Å². The number of carbonyl (C=O) groups is 2. The molecule has 23 heavy (non-hydrogen) atoms. The second-order valence-electron chi connectivity index (χ2n) is 6.30. The molecular formula is C17H23NO5. The van der Waals surface area contributed by atoms with Gasteiger partial charge in [0.15, 0.2) is 6.04 Å². The Bertz CT molecular complexity index is 576. The minimum absolute atomic E-state index is 0.271. The van der Waals surface area contributed by atoms with Crippen LogP contribution >= 0.6 is 0 Å². The third kappa shape index (κ3) is 3.94. The summed E-state index contributed by atoms with van der Waals surface area (Å²) in [4.78, 5) is 25.8. The molecule has 0 unspecified atom stereocenters. The second kappa shape index (κ2) is 6.48. The SMILES string of the molecule is CCOC(=O)[C@@H]1[C@@H](c2ccc(OC)cc2)N1C(=O)OC(C)(C)C. The Morgan fingerprint density at radius 1 is 1.17 bits per heavy atom. The van der Waals surface area contributed by atoms with Crippen molar-refractivity contribution in [2.24, 2.45) is 0 Å². The van der Waals surface area contributed by atoms with Crippen LogP contribution in [0.1, 0.15) is 39.3 Å². The Kier molecular flexibility index (Phi) is 4.82. The molecule has 1 fully saturated rings. The molecule has 6 heteroatoms. The lowest BCUT2D eigenvalue weighted by Crippen LogP contribution is -2.29. The summed E-state index contributed by atoms with van der Waals surface area (Å²) >= 11 is 0. The van der Waals surface area contributed by atoms with Crippen LogP contribution in [-0.4, -0.2) is 42.3 Å². The highest BCUT2D eigenvalue weighted by Crippen LogP contribution is 2.45. The summed E-state index contributed by atoms with van der Waals surface area (Å²) in [5, 5.41) is 0. The van der Waals surface area contributed by atoms with Gasteiger partial charge in [0.05, 0.1) is 19.8 Å². The van der Waals surface area contributed by atoms with E-state index in [1.54, 1.807) is 46.9 Å². The van der Waals surface area contributed by atoms with Crippen molar-refractivity contribution in [3.63, 3.8) is 0 Å². The molecule has 1 heterocycles. The summed E-state index contributed by atoms with van der Waals surface area (Å²) in [7, 11) is 1.58. The number of esters is 1. The molecule has 2 rings (SSSR count). The number of amides is 1. The maximum atomic E-state index is 12.3. The van der Waals surface area contributed by atoms with Crippen molar-refractivity contribution in [3.8, 4) is 5.75 Å². The largest absolute Gasteiger partial charge is 0.497 e. The van der Waals surface area contributed by atoms with Crippen molar-refractivity contribution in [3.05, 3.63) is 29.8 Å². The van der Waals surface area contributed by atoms with E-state index in [4.69, 9.17) is 14.2 Å². The lowest BCUT2D eigenvalue weighted by molar-refractivity contribution is -0.143. The van der Waals surface area contributed by atoms with Crippen LogP contribution in [0.15, 0.2) is 24.3 Å². The number of benzene rings is 1. The lowest BCUT2D eigenvalue weighted by Gasteiger charge is -2.20. The van der Waals surface area contributed by atoms with E-state index in [0.717, 1.165) is 5.56 Å². The highest BCUT2D eigenvalue weighted by atomic mass is 16.6. The minimum atomic E-state index is -0.641. The Morgan fingerprint density at radius 3 is 2.26 bits per heavy atom.